The normalized spacial score (nSPS) is 10.7. The van der Waals surface area contributed by atoms with Crippen molar-refractivity contribution in [2.45, 2.75) is 19.9 Å². The Labute approximate surface area is 138 Å². The molecule has 3 rings (SSSR count). The van der Waals surface area contributed by atoms with E-state index in [0.717, 1.165) is 23.3 Å². The van der Waals surface area contributed by atoms with E-state index in [4.69, 9.17) is 0 Å². The van der Waals surface area contributed by atoms with Gasteiger partial charge in [-0.1, -0.05) is 19.1 Å². The number of carbonyl (C=O) groups is 1. The number of nitro benzene ring substituents is 1. The van der Waals surface area contributed by atoms with Crippen LogP contribution in [0.15, 0.2) is 48.5 Å². The second-order valence-electron chi connectivity index (χ2n) is 5.31. The number of hydrogen-bond donors (Lipinski definition) is 1. The number of non-ortho nitro benzene ring substituents is 1. The molecule has 0 aliphatic rings. The highest BCUT2D eigenvalue weighted by Crippen LogP contribution is 2.18. The molecule has 0 bridgehead atoms. The molecule has 0 saturated heterocycles. The van der Waals surface area contributed by atoms with Crippen molar-refractivity contribution < 1.29 is 9.72 Å². The number of nitro groups is 1. The number of para-hydroxylation sites is 2. The Bertz CT molecular complexity index is 900. The van der Waals surface area contributed by atoms with E-state index in [-0.39, 0.29) is 18.1 Å². The first-order valence-corrected chi connectivity index (χ1v) is 7.57. The molecule has 0 saturated carbocycles. The van der Waals surface area contributed by atoms with Crippen LogP contribution in [0.1, 0.15) is 12.7 Å². The molecule has 0 aliphatic heterocycles. The fourth-order valence-electron chi connectivity index (χ4n) is 2.58. The molecular formula is C17H16N4O3. The molecule has 7 heteroatoms. The van der Waals surface area contributed by atoms with Gasteiger partial charge >= 0.3 is 0 Å². The SMILES string of the molecule is CCc1nc2ccccc2n1CC(=O)Nc1ccc([N+](=O)[O-])cc1. The van der Waals surface area contributed by atoms with Crippen LogP contribution in [0.25, 0.3) is 11.0 Å². The largest absolute Gasteiger partial charge is 0.325 e. The summed E-state index contributed by atoms with van der Waals surface area (Å²) in [5.41, 5.74) is 2.28. The monoisotopic (exact) mass is 324 g/mol. The lowest BCUT2D eigenvalue weighted by molar-refractivity contribution is -0.384. The Morgan fingerprint density at radius 1 is 1.21 bits per heavy atom. The molecule has 0 spiro atoms. The molecule has 1 N–H and O–H groups in total. The van der Waals surface area contributed by atoms with Crippen LogP contribution >= 0.6 is 0 Å². The molecule has 0 fully saturated rings. The van der Waals surface area contributed by atoms with Crippen LogP contribution < -0.4 is 5.32 Å². The van der Waals surface area contributed by atoms with Gasteiger partial charge in [-0.05, 0) is 24.3 Å². The second-order valence-corrected chi connectivity index (χ2v) is 5.31. The number of anilines is 1. The number of benzene rings is 2. The Balaban J connectivity index is 1.78. The van der Waals surface area contributed by atoms with Crippen molar-refractivity contribution in [3.05, 3.63) is 64.5 Å². The van der Waals surface area contributed by atoms with Gasteiger partial charge in [-0.3, -0.25) is 14.9 Å². The van der Waals surface area contributed by atoms with Gasteiger partial charge in [0.05, 0.1) is 16.0 Å². The number of nitrogens with zero attached hydrogens (tertiary/aromatic N) is 3. The summed E-state index contributed by atoms with van der Waals surface area (Å²) < 4.78 is 1.88. The molecule has 0 radical (unpaired) electrons. The molecule has 1 heterocycles. The van der Waals surface area contributed by atoms with Gasteiger partial charge in [-0.15, -0.1) is 0 Å². The average Bonchev–Trinajstić information content (AvgIpc) is 2.93. The number of hydrogen-bond acceptors (Lipinski definition) is 4. The minimum atomic E-state index is -0.475. The molecule has 24 heavy (non-hydrogen) atoms. The van der Waals surface area contributed by atoms with Gasteiger partial charge in [0.25, 0.3) is 5.69 Å². The molecule has 2 aromatic carbocycles. The van der Waals surface area contributed by atoms with E-state index in [1.165, 1.54) is 24.3 Å². The maximum absolute atomic E-state index is 12.3. The Kier molecular flexibility index (Phi) is 4.24. The highest BCUT2D eigenvalue weighted by atomic mass is 16.6. The summed E-state index contributed by atoms with van der Waals surface area (Å²) in [4.78, 5) is 27.0. The lowest BCUT2D eigenvalue weighted by Gasteiger charge is -2.09. The summed E-state index contributed by atoms with van der Waals surface area (Å²) >= 11 is 0. The van der Waals surface area contributed by atoms with Crippen molar-refractivity contribution in [3.8, 4) is 0 Å². The lowest BCUT2D eigenvalue weighted by atomic mass is 10.3. The first-order chi connectivity index (χ1) is 11.6. The van der Waals surface area contributed by atoms with Gasteiger partial charge in [-0.2, -0.15) is 0 Å². The predicted molar refractivity (Wildman–Crippen MR) is 90.8 cm³/mol. The molecule has 1 amide bonds. The quantitative estimate of drug-likeness (QED) is 0.576. The maximum Gasteiger partial charge on any atom is 0.269 e. The highest BCUT2D eigenvalue weighted by molar-refractivity contribution is 5.91. The van der Waals surface area contributed by atoms with Crippen LogP contribution in [0.2, 0.25) is 0 Å². The maximum atomic E-state index is 12.3. The van der Waals surface area contributed by atoms with Gasteiger partial charge in [0, 0.05) is 24.2 Å². The van der Waals surface area contributed by atoms with Gasteiger partial charge < -0.3 is 9.88 Å². The minimum Gasteiger partial charge on any atom is -0.325 e. The van der Waals surface area contributed by atoms with E-state index >= 15 is 0 Å². The number of amides is 1. The first kappa shape index (κ1) is 15.7. The Morgan fingerprint density at radius 2 is 1.92 bits per heavy atom. The Hall–Kier alpha value is -3.22. The van der Waals surface area contributed by atoms with Crippen LogP contribution in [-0.4, -0.2) is 20.4 Å². The molecular weight excluding hydrogens is 308 g/mol. The van der Waals surface area contributed by atoms with E-state index in [1.807, 2.05) is 35.8 Å². The fraction of sp³-hybridized carbons (Fsp3) is 0.176. The second kappa shape index (κ2) is 6.49. The van der Waals surface area contributed by atoms with E-state index in [9.17, 15) is 14.9 Å². The number of carbonyl (C=O) groups excluding carboxylic acids is 1. The van der Waals surface area contributed by atoms with Crippen molar-refractivity contribution in [1.29, 1.82) is 0 Å². The third-order valence-electron chi connectivity index (χ3n) is 3.71. The van der Waals surface area contributed by atoms with Crippen molar-refractivity contribution in [2.75, 3.05) is 5.32 Å². The van der Waals surface area contributed by atoms with Gasteiger partial charge in [0.15, 0.2) is 0 Å². The molecule has 7 nitrogen and oxygen atoms in total. The molecule has 1 aromatic heterocycles. The molecule has 0 aliphatic carbocycles. The summed E-state index contributed by atoms with van der Waals surface area (Å²) in [6.45, 7) is 2.13. The summed E-state index contributed by atoms with van der Waals surface area (Å²) in [6, 6.07) is 13.4. The van der Waals surface area contributed by atoms with E-state index in [1.54, 1.807) is 0 Å². The number of rotatable bonds is 5. The topological polar surface area (TPSA) is 90.1 Å². The third-order valence-corrected chi connectivity index (χ3v) is 3.71. The standard InChI is InChI=1S/C17H16N4O3/c1-2-16-19-14-5-3-4-6-15(14)20(16)11-17(22)18-12-7-9-13(10-8-12)21(23)24/h3-10H,2,11H2,1H3,(H,18,22). The van der Waals surface area contributed by atoms with E-state index in [2.05, 4.69) is 10.3 Å². The molecule has 0 atom stereocenters. The predicted octanol–water partition coefficient (Wildman–Crippen LogP) is 3.15. The summed E-state index contributed by atoms with van der Waals surface area (Å²) in [7, 11) is 0. The van der Waals surface area contributed by atoms with Crippen LogP contribution in [0.3, 0.4) is 0 Å². The number of aryl methyl sites for hydroxylation is 1. The fourth-order valence-corrected chi connectivity index (χ4v) is 2.58. The zero-order valence-corrected chi connectivity index (χ0v) is 13.1. The van der Waals surface area contributed by atoms with Gasteiger partial charge in [0.1, 0.15) is 12.4 Å². The third kappa shape index (κ3) is 3.10. The Morgan fingerprint density at radius 3 is 2.58 bits per heavy atom. The van der Waals surface area contributed by atoms with Crippen LogP contribution in [0.5, 0.6) is 0 Å². The smallest absolute Gasteiger partial charge is 0.269 e. The summed E-state index contributed by atoms with van der Waals surface area (Å²) in [6.07, 6.45) is 0.722. The van der Waals surface area contributed by atoms with Gasteiger partial charge in [-0.25, -0.2) is 4.98 Å². The molecule has 122 valence electrons. The highest BCUT2D eigenvalue weighted by Gasteiger charge is 2.13. The number of nitrogens with one attached hydrogen (secondary N) is 1. The van der Waals surface area contributed by atoms with Crippen LogP contribution in [0.4, 0.5) is 11.4 Å². The molecule has 0 unspecified atom stereocenters. The van der Waals surface area contributed by atoms with Crippen molar-refractivity contribution in [1.82, 2.24) is 9.55 Å². The lowest BCUT2D eigenvalue weighted by Crippen LogP contribution is -2.20. The minimum absolute atomic E-state index is 0.0122. The van der Waals surface area contributed by atoms with Crippen molar-refractivity contribution >= 4 is 28.3 Å². The number of aromatic nitrogens is 2. The van der Waals surface area contributed by atoms with Crippen LogP contribution in [-0.2, 0) is 17.8 Å². The first-order valence-electron chi connectivity index (χ1n) is 7.57. The van der Waals surface area contributed by atoms with E-state index < -0.39 is 4.92 Å². The van der Waals surface area contributed by atoms with Crippen LogP contribution in [0, 0.1) is 10.1 Å². The summed E-state index contributed by atoms with van der Waals surface area (Å²) in [5, 5.41) is 13.4. The molecule has 3 aromatic rings. The average molecular weight is 324 g/mol. The number of fused-ring (bicyclic) bond motifs is 1. The van der Waals surface area contributed by atoms with Gasteiger partial charge in [0.2, 0.25) is 5.91 Å². The van der Waals surface area contributed by atoms with E-state index in [0.29, 0.717) is 5.69 Å². The van der Waals surface area contributed by atoms with Crippen molar-refractivity contribution in [2.24, 2.45) is 0 Å². The zero-order chi connectivity index (χ0) is 17.1. The number of imidazole rings is 1. The van der Waals surface area contributed by atoms with Crippen molar-refractivity contribution in [3.63, 3.8) is 0 Å². The zero-order valence-electron chi connectivity index (χ0n) is 13.1. The summed E-state index contributed by atoms with van der Waals surface area (Å²) in [5.74, 6) is 0.636.